The van der Waals surface area contributed by atoms with Crippen LogP contribution >= 0.6 is 23.2 Å². The van der Waals surface area contributed by atoms with E-state index >= 15 is 0 Å². The first-order valence-electron chi connectivity index (χ1n) is 5.82. The number of carboxylic acids is 1. The topological polar surface area (TPSA) is 62.2 Å². The Hall–Kier alpha value is -1.78. The highest BCUT2D eigenvalue weighted by Gasteiger charge is 2.17. The summed E-state index contributed by atoms with van der Waals surface area (Å²) in [6.45, 7) is 3.52. The third-order valence-corrected chi connectivity index (χ3v) is 3.58. The average Bonchev–Trinajstić information content (AvgIpc) is 2.33. The summed E-state index contributed by atoms with van der Waals surface area (Å²) in [5.41, 5.74) is 1.98. The molecule has 1 heterocycles. The summed E-state index contributed by atoms with van der Waals surface area (Å²) in [6, 6.07) is 6.80. The minimum Gasteiger partial charge on any atom is -0.478 e. The normalized spacial score (nSPS) is 10.4. The molecule has 2 N–H and O–H groups in total. The van der Waals surface area contributed by atoms with Crippen LogP contribution in [0, 0.1) is 13.8 Å². The lowest BCUT2D eigenvalue weighted by Gasteiger charge is -2.13. The van der Waals surface area contributed by atoms with Crippen molar-refractivity contribution in [3.63, 3.8) is 0 Å². The highest BCUT2D eigenvalue weighted by Crippen LogP contribution is 2.32. The van der Waals surface area contributed by atoms with Crippen LogP contribution in [0.3, 0.4) is 0 Å². The van der Waals surface area contributed by atoms with Gasteiger partial charge in [0.2, 0.25) is 0 Å². The highest BCUT2D eigenvalue weighted by molar-refractivity contribution is 6.43. The van der Waals surface area contributed by atoms with E-state index in [2.05, 4.69) is 10.3 Å². The maximum absolute atomic E-state index is 11.4. The molecule has 0 radical (unpaired) electrons. The first kappa shape index (κ1) is 14.6. The minimum atomic E-state index is -1.05. The predicted octanol–water partition coefficient (Wildman–Crippen LogP) is 4.45. The van der Waals surface area contributed by atoms with E-state index in [0.717, 1.165) is 0 Å². The molecule has 0 unspecified atom stereocenters. The van der Waals surface area contributed by atoms with Crippen molar-refractivity contribution in [2.45, 2.75) is 13.8 Å². The number of aromatic carboxylic acids is 1. The van der Waals surface area contributed by atoms with E-state index in [1.807, 2.05) is 0 Å². The number of carboxylic acid groups (broad SMARTS) is 1. The van der Waals surface area contributed by atoms with Crippen LogP contribution in [0.25, 0.3) is 0 Å². The lowest BCUT2D eigenvalue weighted by atomic mass is 10.1. The van der Waals surface area contributed by atoms with Gasteiger partial charge in [-0.15, -0.1) is 0 Å². The molecular formula is C14H12Cl2N2O2. The molecule has 0 aliphatic rings. The number of aryl methyl sites for hydroxylation is 2. The Morgan fingerprint density at radius 3 is 2.65 bits per heavy atom. The van der Waals surface area contributed by atoms with Crippen LogP contribution in [0.1, 0.15) is 21.6 Å². The van der Waals surface area contributed by atoms with Crippen LogP contribution in [0.4, 0.5) is 11.5 Å². The van der Waals surface area contributed by atoms with E-state index in [1.165, 1.54) is 0 Å². The van der Waals surface area contributed by atoms with Crippen LogP contribution in [0.2, 0.25) is 10.0 Å². The monoisotopic (exact) mass is 310 g/mol. The Bertz CT molecular complexity index is 687. The fraction of sp³-hybridized carbons (Fsp3) is 0.143. The zero-order chi connectivity index (χ0) is 14.9. The number of halogens is 2. The molecule has 1 aromatic heterocycles. The molecule has 0 saturated carbocycles. The zero-order valence-electron chi connectivity index (χ0n) is 10.9. The first-order valence-corrected chi connectivity index (χ1v) is 6.58. The zero-order valence-corrected chi connectivity index (χ0v) is 12.4. The van der Waals surface area contributed by atoms with Crippen LogP contribution in [0.5, 0.6) is 0 Å². The number of carbonyl (C=O) groups is 1. The Kier molecular flexibility index (Phi) is 4.16. The van der Waals surface area contributed by atoms with Crippen molar-refractivity contribution < 1.29 is 9.90 Å². The molecule has 0 bridgehead atoms. The van der Waals surface area contributed by atoms with Gasteiger partial charge in [0.25, 0.3) is 0 Å². The Morgan fingerprint density at radius 1 is 1.30 bits per heavy atom. The molecule has 20 heavy (non-hydrogen) atoms. The van der Waals surface area contributed by atoms with Crippen molar-refractivity contribution >= 4 is 40.7 Å². The van der Waals surface area contributed by atoms with Crippen molar-refractivity contribution in [1.82, 2.24) is 4.98 Å². The number of anilines is 2. The summed E-state index contributed by atoms with van der Waals surface area (Å²) in [7, 11) is 0. The van der Waals surface area contributed by atoms with Gasteiger partial charge in [-0.1, -0.05) is 29.3 Å². The van der Waals surface area contributed by atoms with Gasteiger partial charge in [0.05, 0.1) is 15.7 Å². The summed E-state index contributed by atoms with van der Waals surface area (Å²) in [5.74, 6) is -0.796. The summed E-state index contributed by atoms with van der Waals surface area (Å²) in [6.07, 6.45) is 0. The van der Waals surface area contributed by atoms with E-state index in [1.54, 1.807) is 38.1 Å². The molecule has 2 rings (SSSR count). The van der Waals surface area contributed by atoms with Gasteiger partial charge < -0.3 is 10.4 Å². The van der Waals surface area contributed by atoms with E-state index in [-0.39, 0.29) is 11.4 Å². The maximum atomic E-state index is 11.4. The lowest BCUT2D eigenvalue weighted by Crippen LogP contribution is -2.08. The third-order valence-electron chi connectivity index (χ3n) is 2.76. The van der Waals surface area contributed by atoms with Gasteiger partial charge in [-0.3, -0.25) is 0 Å². The molecule has 4 nitrogen and oxygen atoms in total. The Labute approximate surface area is 126 Å². The van der Waals surface area contributed by atoms with Gasteiger partial charge in [0, 0.05) is 5.69 Å². The number of nitrogens with zero attached hydrogens (tertiary/aromatic N) is 1. The van der Waals surface area contributed by atoms with Crippen molar-refractivity contribution in [2.75, 3.05) is 5.32 Å². The number of benzene rings is 1. The molecule has 0 amide bonds. The van der Waals surface area contributed by atoms with E-state index < -0.39 is 5.97 Å². The number of nitrogens with one attached hydrogen (secondary N) is 1. The minimum absolute atomic E-state index is 0.117. The smallest absolute Gasteiger partial charge is 0.339 e. The molecule has 6 heteroatoms. The molecule has 0 aliphatic heterocycles. The first-order chi connectivity index (χ1) is 9.40. The summed E-state index contributed by atoms with van der Waals surface area (Å²) < 4.78 is 0. The lowest BCUT2D eigenvalue weighted by molar-refractivity contribution is 0.0697. The highest BCUT2D eigenvalue weighted by atomic mass is 35.5. The second-order valence-electron chi connectivity index (χ2n) is 4.34. The van der Waals surface area contributed by atoms with E-state index in [4.69, 9.17) is 23.2 Å². The third kappa shape index (κ3) is 2.86. The average molecular weight is 311 g/mol. The molecule has 104 valence electrons. The van der Waals surface area contributed by atoms with Crippen molar-refractivity contribution in [3.05, 3.63) is 51.1 Å². The van der Waals surface area contributed by atoms with Crippen molar-refractivity contribution in [1.29, 1.82) is 0 Å². The van der Waals surface area contributed by atoms with Gasteiger partial charge >= 0.3 is 5.97 Å². The van der Waals surface area contributed by atoms with E-state index in [9.17, 15) is 9.90 Å². The molecule has 0 saturated heterocycles. The molecule has 2 aromatic rings. The Balaban J connectivity index is 2.53. The second-order valence-corrected chi connectivity index (χ2v) is 5.12. The number of hydrogen-bond acceptors (Lipinski definition) is 3. The van der Waals surface area contributed by atoms with Gasteiger partial charge in [0.1, 0.15) is 11.4 Å². The molecule has 0 fully saturated rings. The number of aromatic nitrogens is 1. The molecule has 0 aliphatic carbocycles. The molecular weight excluding hydrogens is 299 g/mol. The summed E-state index contributed by atoms with van der Waals surface area (Å²) >= 11 is 12.0. The summed E-state index contributed by atoms with van der Waals surface area (Å²) in [5, 5.41) is 12.9. The SMILES string of the molecule is Cc1cc(C)c(C(=O)O)c(Nc2cccc(Cl)c2Cl)n1. The fourth-order valence-electron chi connectivity index (χ4n) is 1.93. The standard InChI is InChI=1S/C14H12Cl2N2O2/c1-7-6-8(2)17-13(11(7)14(19)20)18-10-5-3-4-9(15)12(10)16/h3-6H,1-2H3,(H,17,18)(H,19,20). The Morgan fingerprint density at radius 2 is 2.00 bits per heavy atom. The second kappa shape index (κ2) is 5.69. The van der Waals surface area contributed by atoms with Crippen molar-refractivity contribution in [2.24, 2.45) is 0 Å². The quantitative estimate of drug-likeness (QED) is 0.879. The van der Waals surface area contributed by atoms with Crippen molar-refractivity contribution in [3.8, 4) is 0 Å². The predicted molar refractivity (Wildman–Crippen MR) is 80.4 cm³/mol. The molecule has 1 aromatic carbocycles. The van der Waals surface area contributed by atoms with Crippen LogP contribution < -0.4 is 5.32 Å². The summed E-state index contributed by atoms with van der Waals surface area (Å²) in [4.78, 5) is 15.6. The molecule has 0 atom stereocenters. The number of pyridine rings is 1. The van der Waals surface area contributed by atoms with Gasteiger partial charge in [-0.05, 0) is 37.6 Å². The van der Waals surface area contributed by atoms with Gasteiger partial charge in [-0.25, -0.2) is 9.78 Å². The largest absolute Gasteiger partial charge is 0.478 e. The van der Waals surface area contributed by atoms with E-state index in [0.29, 0.717) is 27.0 Å². The fourth-order valence-corrected chi connectivity index (χ4v) is 2.27. The van der Waals surface area contributed by atoms with Gasteiger partial charge in [0.15, 0.2) is 0 Å². The van der Waals surface area contributed by atoms with Crippen LogP contribution in [-0.4, -0.2) is 16.1 Å². The number of rotatable bonds is 3. The van der Waals surface area contributed by atoms with Gasteiger partial charge in [-0.2, -0.15) is 0 Å². The molecule has 0 spiro atoms. The number of hydrogen-bond donors (Lipinski definition) is 2. The maximum Gasteiger partial charge on any atom is 0.339 e. The van der Waals surface area contributed by atoms with Crippen LogP contribution in [0.15, 0.2) is 24.3 Å². The van der Waals surface area contributed by atoms with Crippen LogP contribution in [-0.2, 0) is 0 Å².